The first-order valence-corrected chi connectivity index (χ1v) is 9.74. The molecule has 5 nitrogen and oxygen atoms in total. The number of fused-ring (bicyclic) bond motifs is 1. The molecule has 27 heavy (non-hydrogen) atoms. The molecule has 0 bridgehead atoms. The van der Waals surface area contributed by atoms with Crippen molar-refractivity contribution in [2.45, 2.75) is 25.8 Å². The summed E-state index contributed by atoms with van der Waals surface area (Å²) < 4.78 is 0. The van der Waals surface area contributed by atoms with Gasteiger partial charge in [0.05, 0.1) is 6.04 Å². The van der Waals surface area contributed by atoms with Crippen molar-refractivity contribution in [2.75, 3.05) is 0 Å². The van der Waals surface area contributed by atoms with Crippen LogP contribution in [0.15, 0.2) is 60.0 Å². The van der Waals surface area contributed by atoms with Gasteiger partial charge in [-0.05, 0) is 46.7 Å². The lowest BCUT2D eigenvalue weighted by Crippen LogP contribution is -2.28. The number of aromatic nitrogens is 3. The molecule has 0 saturated heterocycles. The molecule has 0 unspecified atom stereocenters. The zero-order valence-electron chi connectivity index (χ0n) is 15.1. The van der Waals surface area contributed by atoms with Crippen LogP contribution in [-0.2, 0) is 0 Å². The Morgan fingerprint density at radius 2 is 1.74 bits per heavy atom. The Labute approximate surface area is 161 Å². The van der Waals surface area contributed by atoms with Gasteiger partial charge in [0, 0.05) is 10.4 Å². The number of benzene rings is 2. The zero-order valence-corrected chi connectivity index (χ0v) is 16.0. The minimum atomic E-state index is -0.188. The molecular formula is C21H20N4OS. The Bertz CT molecular complexity index is 1050. The summed E-state index contributed by atoms with van der Waals surface area (Å²) in [7, 11) is 0. The summed E-state index contributed by atoms with van der Waals surface area (Å²) >= 11 is 1.64. The summed E-state index contributed by atoms with van der Waals surface area (Å²) in [6.45, 7) is 4.35. The quantitative estimate of drug-likeness (QED) is 0.532. The first kappa shape index (κ1) is 17.4. The first-order chi connectivity index (χ1) is 13.1. The van der Waals surface area contributed by atoms with Crippen LogP contribution in [0.25, 0.3) is 11.0 Å². The lowest BCUT2D eigenvalue weighted by Gasteiger charge is -2.19. The summed E-state index contributed by atoms with van der Waals surface area (Å²) in [4.78, 5) is 14.0. The molecule has 2 N–H and O–H groups in total. The van der Waals surface area contributed by atoms with Gasteiger partial charge in [0.15, 0.2) is 0 Å². The molecule has 2 heterocycles. The van der Waals surface area contributed by atoms with Gasteiger partial charge in [-0.1, -0.05) is 44.2 Å². The third-order valence-electron chi connectivity index (χ3n) is 4.62. The summed E-state index contributed by atoms with van der Waals surface area (Å²) in [6.07, 6.45) is 0. The molecule has 0 aliphatic heterocycles. The fourth-order valence-corrected chi connectivity index (χ4v) is 3.85. The Balaban J connectivity index is 1.64. The highest BCUT2D eigenvalue weighted by Gasteiger charge is 2.19. The Hall–Kier alpha value is -2.99. The number of rotatable bonds is 5. The van der Waals surface area contributed by atoms with Gasteiger partial charge in [0.2, 0.25) is 0 Å². The maximum absolute atomic E-state index is 12.9. The number of carbonyl (C=O) groups is 1. The Morgan fingerprint density at radius 1 is 1.00 bits per heavy atom. The number of nitrogens with one attached hydrogen (secondary N) is 2. The molecule has 2 aromatic heterocycles. The smallest absolute Gasteiger partial charge is 0.252 e. The summed E-state index contributed by atoms with van der Waals surface area (Å²) in [5, 5.41) is 15.9. The van der Waals surface area contributed by atoms with E-state index in [1.54, 1.807) is 29.5 Å². The Kier molecular flexibility index (Phi) is 4.73. The largest absolute Gasteiger partial charge is 0.340 e. The van der Waals surface area contributed by atoms with E-state index in [2.05, 4.69) is 58.8 Å². The molecular weight excluding hydrogens is 356 g/mol. The van der Waals surface area contributed by atoms with Gasteiger partial charge in [0.25, 0.3) is 5.91 Å². The highest BCUT2D eigenvalue weighted by molar-refractivity contribution is 7.10. The van der Waals surface area contributed by atoms with E-state index < -0.39 is 0 Å². The van der Waals surface area contributed by atoms with Gasteiger partial charge in [0.1, 0.15) is 11.0 Å². The van der Waals surface area contributed by atoms with Gasteiger partial charge in [-0.3, -0.25) is 4.79 Å². The van der Waals surface area contributed by atoms with E-state index in [0.717, 1.165) is 16.0 Å². The van der Waals surface area contributed by atoms with Crippen molar-refractivity contribution in [3.05, 3.63) is 81.5 Å². The van der Waals surface area contributed by atoms with Crippen LogP contribution >= 0.6 is 11.3 Å². The van der Waals surface area contributed by atoms with E-state index in [1.165, 1.54) is 5.56 Å². The monoisotopic (exact) mass is 376 g/mol. The van der Waals surface area contributed by atoms with Crippen LogP contribution in [0, 0.1) is 0 Å². The van der Waals surface area contributed by atoms with Gasteiger partial charge in [-0.15, -0.1) is 11.3 Å². The second-order valence-corrected chi connectivity index (χ2v) is 7.75. The average Bonchev–Trinajstić information content (AvgIpc) is 3.37. The number of hydrogen-bond donors (Lipinski definition) is 2. The first-order valence-electron chi connectivity index (χ1n) is 8.86. The van der Waals surface area contributed by atoms with Crippen LogP contribution in [0.4, 0.5) is 0 Å². The fourth-order valence-electron chi connectivity index (χ4n) is 3.04. The molecule has 0 radical (unpaired) electrons. The molecule has 0 fully saturated rings. The topological polar surface area (TPSA) is 70.7 Å². The van der Waals surface area contributed by atoms with Crippen LogP contribution in [0.5, 0.6) is 0 Å². The van der Waals surface area contributed by atoms with Crippen molar-refractivity contribution < 1.29 is 4.79 Å². The van der Waals surface area contributed by atoms with E-state index in [1.807, 2.05) is 17.5 Å². The SMILES string of the molecule is CC(C)c1ccc([C@@H](NC(=O)c2ccc3n[nH]nc3c2)c2cccs2)cc1. The lowest BCUT2D eigenvalue weighted by atomic mass is 9.98. The van der Waals surface area contributed by atoms with Crippen molar-refractivity contribution in [2.24, 2.45) is 0 Å². The molecule has 4 aromatic rings. The van der Waals surface area contributed by atoms with E-state index in [-0.39, 0.29) is 11.9 Å². The highest BCUT2D eigenvalue weighted by Crippen LogP contribution is 2.28. The standard InChI is InChI=1S/C21H20N4OS/c1-13(2)14-5-7-15(8-6-14)20(19-4-3-11-27-19)22-21(26)16-9-10-17-18(12-16)24-25-23-17/h3-13,20H,1-2H3,(H,22,26)(H,23,24,25)/t20-/m1/s1. The van der Waals surface area contributed by atoms with E-state index in [4.69, 9.17) is 0 Å². The lowest BCUT2D eigenvalue weighted by molar-refractivity contribution is 0.0943. The average molecular weight is 376 g/mol. The fraction of sp³-hybridized carbons (Fsp3) is 0.190. The summed E-state index contributed by atoms with van der Waals surface area (Å²) in [5.41, 5.74) is 4.34. The predicted octanol–water partition coefficient (Wildman–Crippen LogP) is 4.66. The molecule has 136 valence electrons. The molecule has 0 saturated carbocycles. The molecule has 1 amide bonds. The summed E-state index contributed by atoms with van der Waals surface area (Å²) in [5.74, 6) is 0.342. The van der Waals surface area contributed by atoms with Gasteiger partial charge >= 0.3 is 0 Å². The van der Waals surface area contributed by atoms with E-state index in [0.29, 0.717) is 17.0 Å². The molecule has 4 rings (SSSR count). The van der Waals surface area contributed by atoms with Crippen molar-refractivity contribution >= 4 is 28.3 Å². The number of amides is 1. The maximum atomic E-state index is 12.9. The van der Waals surface area contributed by atoms with Crippen molar-refractivity contribution in [3.8, 4) is 0 Å². The zero-order chi connectivity index (χ0) is 18.8. The minimum absolute atomic E-state index is 0.133. The van der Waals surface area contributed by atoms with Crippen LogP contribution < -0.4 is 5.32 Å². The molecule has 2 aromatic carbocycles. The van der Waals surface area contributed by atoms with Gasteiger partial charge in [-0.25, -0.2) is 0 Å². The van der Waals surface area contributed by atoms with E-state index in [9.17, 15) is 4.79 Å². The summed E-state index contributed by atoms with van der Waals surface area (Å²) in [6, 6.07) is 17.6. The normalized spacial score (nSPS) is 12.4. The van der Waals surface area contributed by atoms with Crippen molar-refractivity contribution in [1.82, 2.24) is 20.7 Å². The molecule has 1 atom stereocenters. The maximum Gasteiger partial charge on any atom is 0.252 e. The predicted molar refractivity (Wildman–Crippen MR) is 108 cm³/mol. The number of nitrogens with zero attached hydrogens (tertiary/aromatic N) is 2. The van der Waals surface area contributed by atoms with Crippen LogP contribution in [0.2, 0.25) is 0 Å². The number of H-pyrrole nitrogens is 1. The van der Waals surface area contributed by atoms with Crippen LogP contribution in [0.1, 0.15) is 52.2 Å². The molecule has 0 aliphatic carbocycles. The molecule has 6 heteroatoms. The van der Waals surface area contributed by atoms with Crippen molar-refractivity contribution in [1.29, 1.82) is 0 Å². The number of aromatic amines is 1. The van der Waals surface area contributed by atoms with Crippen LogP contribution in [-0.4, -0.2) is 21.3 Å². The number of carbonyl (C=O) groups excluding carboxylic acids is 1. The number of hydrogen-bond acceptors (Lipinski definition) is 4. The second-order valence-electron chi connectivity index (χ2n) is 6.77. The van der Waals surface area contributed by atoms with E-state index >= 15 is 0 Å². The third kappa shape index (κ3) is 3.61. The second kappa shape index (κ2) is 7.32. The van der Waals surface area contributed by atoms with Crippen molar-refractivity contribution in [3.63, 3.8) is 0 Å². The third-order valence-corrected chi connectivity index (χ3v) is 5.56. The molecule has 0 spiro atoms. The number of thiophene rings is 1. The Morgan fingerprint density at radius 3 is 2.44 bits per heavy atom. The van der Waals surface area contributed by atoms with Gasteiger partial charge in [-0.2, -0.15) is 15.4 Å². The van der Waals surface area contributed by atoms with Crippen LogP contribution in [0.3, 0.4) is 0 Å². The minimum Gasteiger partial charge on any atom is -0.340 e. The molecule has 0 aliphatic rings. The highest BCUT2D eigenvalue weighted by atomic mass is 32.1. The van der Waals surface area contributed by atoms with Gasteiger partial charge < -0.3 is 5.32 Å².